The molecule has 14 heteroatoms. The number of aryl methyl sites for hydroxylation is 1. The third-order valence-electron chi connectivity index (χ3n) is 6.73. The number of carbonyl (C=O) groups is 3. The van der Waals surface area contributed by atoms with Crippen molar-refractivity contribution in [2.24, 2.45) is 12.8 Å². The highest BCUT2D eigenvalue weighted by molar-refractivity contribution is 5.96. The maximum absolute atomic E-state index is 12.9. The standard InChI is InChI=1S/C24H33N9O5/c1-23(2,3)37-21(35)32-12-24(13-32)14-33(22(36)38-24)16-6-5-7-31(11-16)17-9-26-18(19(25)34)20(29-17)28-15-8-27-30(4)10-15/h8-10,16H,5-7,11-14H2,1-4H3,(H2,25,34)(H,28,29). The molecule has 2 aromatic heterocycles. The van der Waals surface area contributed by atoms with Gasteiger partial charge in [0.25, 0.3) is 5.91 Å². The van der Waals surface area contributed by atoms with Crippen molar-refractivity contribution in [1.82, 2.24) is 29.5 Å². The lowest BCUT2D eigenvalue weighted by Crippen LogP contribution is -2.66. The number of likely N-dealkylation sites (tertiary alicyclic amines) is 1. The SMILES string of the molecule is Cn1cc(Nc2nc(N3CCCC(N4CC5(CN(C(=O)OC(C)(C)C)C5)OC4=O)C3)cnc2C(N)=O)cn1. The third-order valence-corrected chi connectivity index (χ3v) is 6.73. The van der Waals surface area contributed by atoms with Gasteiger partial charge < -0.3 is 25.4 Å². The molecule has 204 valence electrons. The van der Waals surface area contributed by atoms with E-state index in [1.807, 2.05) is 25.7 Å². The number of nitrogens with two attached hydrogens (primary N) is 1. The zero-order chi connectivity index (χ0) is 27.2. The van der Waals surface area contributed by atoms with Gasteiger partial charge in [-0.3, -0.25) is 19.3 Å². The van der Waals surface area contributed by atoms with Crippen LogP contribution in [0.3, 0.4) is 0 Å². The summed E-state index contributed by atoms with van der Waals surface area (Å²) in [6.07, 6.45) is 5.72. The van der Waals surface area contributed by atoms with Crippen LogP contribution in [0.25, 0.3) is 0 Å². The predicted octanol–water partition coefficient (Wildman–Crippen LogP) is 1.46. The highest BCUT2D eigenvalue weighted by Gasteiger charge is 2.57. The molecular weight excluding hydrogens is 494 g/mol. The predicted molar refractivity (Wildman–Crippen MR) is 136 cm³/mol. The third kappa shape index (κ3) is 5.15. The van der Waals surface area contributed by atoms with Crippen molar-refractivity contribution in [1.29, 1.82) is 0 Å². The van der Waals surface area contributed by atoms with E-state index in [-0.39, 0.29) is 23.6 Å². The van der Waals surface area contributed by atoms with Crippen LogP contribution in [0.1, 0.15) is 44.1 Å². The van der Waals surface area contributed by atoms with Gasteiger partial charge in [-0.2, -0.15) is 5.10 Å². The Morgan fingerprint density at radius 1 is 1.24 bits per heavy atom. The van der Waals surface area contributed by atoms with Crippen LogP contribution in [-0.4, -0.2) is 97.6 Å². The molecule has 2 aromatic rings. The van der Waals surface area contributed by atoms with Gasteiger partial charge in [0.15, 0.2) is 17.1 Å². The first-order valence-corrected chi connectivity index (χ1v) is 12.6. The number of hydrogen-bond acceptors (Lipinski definition) is 10. The highest BCUT2D eigenvalue weighted by Crippen LogP contribution is 2.36. The number of aromatic nitrogens is 4. The Kier molecular flexibility index (Phi) is 6.27. The zero-order valence-electron chi connectivity index (χ0n) is 22.0. The van der Waals surface area contributed by atoms with Gasteiger partial charge in [-0.15, -0.1) is 0 Å². The molecule has 3 N–H and O–H groups in total. The number of piperidine rings is 1. The lowest BCUT2D eigenvalue weighted by atomic mass is 9.93. The first kappa shape index (κ1) is 25.5. The van der Waals surface area contributed by atoms with Crippen molar-refractivity contribution in [3.8, 4) is 0 Å². The van der Waals surface area contributed by atoms with E-state index in [9.17, 15) is 14.4 Å². The minimum Gasteiger partial charge on any atom is -0.444 e. The fourth-order valence-electron chi connectivity index (χ4n) is 5.04. The first-order valence-electron chi connectivity index (χ1n) is 12.6. The van der Waals surface area contributed by atoms with Gasteiger partial charge in [-0.1, -0.05) is 0 Å². The summed E-state index contributed by atoms with van der Waals surface area (Å²) in [4.78, 5) is 51.4. The summed E-state index contributed by atoms with van der Waals surface area (Å²) >= 11 is 0. The van der Waals surface area contributed by atoms with E-state index in [2.05, 4.69) is 20.4 Å². The largest absolute Gasteiger partial charge is 0.444 e. The second-order valence-electron chi connectivity index (χ2n) is 11.1. The van der Waals surface area contributed by atoms with Gasteiger partial charge in [0.1, 0.15) is 11.4 Å². The van der Waals surface area contributed by atoms with Crippen LogP contribution in [0.4, 0.5) is 26.9 Å². The van der Waals surface area contributed by atoms with E-state index >= 15 is 0 Å². The number of hydrogen-bond donors (Lipinski definition) is 2. The molecule has 1 unspecified atom stereocenters. The molecule has 0 bridgehead atoms. The van der Waals surface area contributed by atoms with Gasteiger partial charge in [-0.25, -0.2) is 19.6 Å². The molecule has 5 rings (SSSR count). The van der Waals surface area contributed by atoms with E-state index in [0.29, 0.717) is 44.2 Å². The molecule has 1 atom stereocenters. The van der Waals surface area contributed by atoms with Gasteiger partial charge in [0.2, 0.25) is 0 Å². The molecule has 3 amide bonds. The molecule has 3 aliphatic heterocycles. The normalized spacial score (nSPS) is 20.8. The smallest absolute Gasteiger partial charge is 0.410 e. The number of anilines is 3. The Morgan fingerprint density at radius 3 is 2.66 bits per heavy atom. The Balaban J connectivity index is 1.26. The van der Waals surface area contributed by atoms with Crippen molar-refractivity contribution in [2.45, 2.75) is 50.9 Å². The maximum Gasteiger partial charge on any atom is 0.410 e. The maximum atomic E-state index is 12.9. The summed E-state index contributed by atoms with van der Waals surface area (Å²) in [6.45, 7) is 7.71. The summed E-state index contributed by atoms with van der Waals surface area (Å²) in [7, 11) is 1.78. The van der Waals surface area contributed by atoms with Crippen LogP contribution in [-0.2, 0) is 16.5 Å². The average molecular weight is 528 g/mol. The Morgan fingerprint density at radius 2 is 2.00 bits per heavy atom. The van der Waals surface area contributed by atoms with Crippen LogP contribution in [0, 0.1) is 0 Å². The van der Waals surface area contributed by atoms with Crippen molar-refractivity contribution >= 4 is 35.4 Å². The van der Waals surface area contributed by atoms with Gasteiger partial charge >= 0.3 is 12.2 Å². The Hall–Kier alpha value is -4.10. The fourth-order valence-corrected chi connectivity index (χ4v) is 5.04. The second kappa shape index (κ2) is 9.33. The lowest BCUT2D eigenvalue weighted by molar-refractivity contribution is -0.0789. The summed E-state index contributed by atoms with van der Waals surface area (Å²) in [5.74, 6) is 0.104. The minimum absolute atomic E-state index is 0.0238. The molecule has 14 nitrogen and oxygen atoms in total. The van der Waals surface area contributed by atoms with Crippen LogP contribution in [0.5, 0.6) is 0 Å². The lowest BCUT2D eigenvalue weighted by Gasteiger charge is -2.45. The molecular formula is C24H33N9O5. The number of carbonyl (C=O) groups excluding carboxylic acids is 3. The van der Waals surface area contributed by atoms with Crippen molar-refractivity contribution in [3.05, 3.63) is 24.3 Å². The number of ether oxygens (including phenoxy) is 2. The Bertz CT molecular complexity index is 1250. The minimum atomic E-state index is -0.708. The molecule has 5 heterocycles. The zero-order valence-corrected chi connectivity index (χ0v) is 22.0. The summed E-state index contributed by atoms with van der Waals surface area (Å²) < 4.78 is 12.8. The molecule has 0 radical (unpaired) electrons. The van der Waals surface area contributed by atoms with Gasteiger partial charge in [0.05, 0.1) is 43.8 Å². The number of nitrogens with zero attached hydrogens (tertiary/aromatic N) is 7. The molecule has 0 aliphatic carbocycles. The summed E-state index contributed by atoms with van der Waals surface area (Å²) in [5.41, 5.74) is 4.89. The quantitative estimate of drug-likeness (QED) is 0.582. The van der Waals surface area contributed by atoms with Gasteiger partial charge in [0, 0.05) is 26.3 Å². The molecule has 3 saturated heterocycles. The van der Waals surface area contributed by atoms with Crippen molar-refractivity contribution < 1.29 is 23.9 Å². The number of rotatable bonds is 5. The first-order chi connectivity index (χ1) is 17.9. The van der Waals surface area contributed by atoms with Gasteiger partial charge in [-0.05, 0) is 33.6 Å². The van der Waals surface area contributed by atoms with E-state index in [1.54, 1.807) is 33.9 Å². The molecule has 0 aromatic carbocycles. The molecule has 0 saturated carbocycles. The summed E-state index contributed by atoms with van der Waals surface area (Å²) in [6, 6.07) is -0.0986. The average Bonchev–Trinajstić information content (AvgIpc) is 3.39. The highest BCUT2D eigenvalue weighted by atomic mass is 16.6. The van der Waals surface area contributed by atoms with Crippen LogP contribution in [0.2, 0.25) is 0 Å². The monoisotopic (exact) mass is 527 g/mol. The summed E-state index contributed by atoms with van der Waals surface area (Å²) in [5, 5.41) is 7.18. The topological polar surface area (TPSA) is 161 Å². The van der Waals surface area contributed by atoms with Crippen LogP contribution in [0.15, 0.2) is 18.6 Å². The van der Waals surface area contributed by atoms with E-state index in [0.717, 1.165) is 12.8 Å². The number of nitrogens with one attached hydrogen (secondary N) is 1. The van der Waals surface area contributed by atoms with Crippen LogP contribution < -0.4 is 16.0 Å². The van der Waals surface area contributed by atoms with E-state index in [1.165, 1.54) is 6.20 Å². The molecule has 3 aliphatic rings. The molecule has 38 heavy (non-hydrogen) atoms. The Labute approximate surface area is 220 Å². The number of primary amides is 1. The fraction of sp³-hybridized carbons (Fsp3) is 0.583. The molecule has 3 fully saturated rings. The van der Waals surface area contributed by atoms with Crippen LogP contribution >= 0.6 is 0 Å². The van der Waals surface area contributed by atoms with Crippen molar-refractivity contribution in [3.63, 3.8) is 0 Å². The van der Waals surface area contributed by atoms with Crippen molar-refractivity contribution in [2.75, 3.05) is 42.9 Å². The molecule has 1 spiro atoms. The van der Waals surface area contributed by atoms with E-state index < -0.39 is 23.2 Å². The van der Waals surface area contributed by atoms with E-state index in [4.69, 9.17) is 15.2 Å². The number of amides is 3. The second-order valence-corrected chi connectivity index (χ2v) is 11.1.